The number of carbonyl (C=O) groups excluding carboxylic acids is 1. The van der Waals surface area contributed by atoms with E-state index in [-0.39, 0.29) is 5.97 Å². The molecule has 1 aliphatic heterocycles. The van der Waals surface area contributed by atoms with E-state index < -0.39 is 0 Å². The third kappa shape index (κ3) is 5.05. The summed E-state index contributed by atoms with van der Waals surface area (Å²) in [5, 5.41) is 0. The molecule has 7 nitrogen and oxygen atoms in total. The number of pyridine rings is 1. The van der Waals surface area contributed by atoms with Gasteiger partial charge in [-0.1, -0.05) is 0 Å². The summed E-state index contributed by atoms with van der Waals surface area (Å²) in [7, 11) is 5.69. The predicted molar refractivity (Wildman–Crippen MR) is 123 cm³/mol. The minimum atomic E-state index is -0.358. The van der Waals surface area contributed by atoms with Gasteiger partial charge in [-0.3, -0.25) is 0 Å². The molecular weight excluding hydrogens is 390 g/mol. The van der Waals surface area contributed by atoms with E-state index in [0.29, 0.717) is 5.56 Å². The highest BCUT2D eigenvalue weighted by Gasteiger charge is 2.16. The van der Waals surface area contributed by atoms with Gasteiger partial charge in [0, 0.05) is 25.4 Å². The van der Waals surface area contributed by atoms with E-state index in [1.165, 1.54) is 45.9 Å². The van der Waals surface area contributed by atoms with Crippen LogP contribution in [0.15, 0.2) is 36.5 Å². The highest BCUT2D eigenvalue weighted by Crippen LogP contribution is 2.24. The molecule has 0 radical (unpaired) electrons. The first kappa shape index (κ1) is 21.3. The molecule has 1 N–H and O–H groups in total. The van der Waals surface area contributed by atoms with Gasteiger partial charge in [-0.25, -0.2) is 14.8 Å². The minimum Gasteiger partial charge on any atom is -0.465 e. The molecule has 0 bridgehead atoms. The third-order valence-electron chi connectivity index (χ3n) is 6.26. The van der Waals surface area contributed by atoms with Gasteiger partial charge in [0.05, 0.1) is 23.7 Å². The van der Waals surface area contributed by atoms with E-state index in [0.717, 1.165) is 40.7 Å². The lowest BCUT2D eigenvalue weighted by Gasteiger charge is -2.29. The maximum Gasteiger partial charge on any atom is 0.337 e. The number of nitrogens with one attached hydrogen (secondary N) is 1. The quantitative estimate of drug-likeness (QED) is 0.582. The minimum absolute atomic E-state index is 0.358. The number of rotatable bonds is 7. The molecule has 1 fully saturated rings. The molecule has 0 spiro atoms. The number of H-pyrrole nitrogens is 1. The summed E-state index contributed by atoms with van der Waals surface area (Å²) in [6.45, 7) is 3.48. The zero-order valence-electron chi connectivity index (χ0n) is 18.6. The maximum atomic E-state index is 11.7. The first-order valence-electron chi connectivity index (χ1n) is 11.0. The number of fused-ring (bicyclic) bond motifs is 1. The third-order valence-corrected chi connectivity index (χ3v) is 6.26. The number of piperidine rings is 1. The predicted octanol–water partition coefficient (Wildman–Crippen LogP) is 3.97. The van der Waals surface area contributed by atoms with Gasteiger partial charge in [-0.15, -0.1) is 0 Å². The molecule has 3 aromatic rings. The molecular formula is C24H31N5O2. The normalized spacial score (nSPS) is 15.3. The monoisotopic (exact) mass is 421 g/mol. The smallest absolute Gasteiger partial charge is 0.337 e. The second-order valence-corrected chi connectivity index (χ2v) is 8.52. The Kier molecular flexibility index (Phi) is 6.51. The van der Waals surface area contributed by atoms with Crippen molar-refractivity contribution in [2.75, 3.05) is 45.7 Å². The first-order valence-corrected chi connectivity index (χ1v) is 11.0. The zero-order chi connectivity index (χ0) is 21.8. The topological polar surface area (TPSA) is 74.3 Å². The maximum absolute atomic E-state index is 11.7. The number of methoxy groups -OCH3 is 1. The van der Waals surface area contributed by atoms with E-state index in [1.807, 2.05) is 24.4 Å². The van der Waals surface area contributed by atoms with Crippen LogP contribution in [-0.4, -0.2) is 66.7 Å². The van der Waals surface area contributed by atoms with Crippen molar-refractivity contribution >= 4 is 22.8 Å². The van der Waals surface area contributed by atoms with Gasteiger partial charge >= 0.3 is 5.97 Å². The number of carbonyl (C=O) groups is 1. The van der Waals surface area contributed by atoms with Crippen LogP contribution in [0.2, 0.25) is 0 Å². The number of aromatic amines is 1. The second kappa shape index (κ2) is 9.47. The molecule has 31 heavy (non-hydrogen) atoms. The molecule has 0 saturated carbocycles. The van der Waals surface area contributed by atoms with Crippen LogP contribution in [0.1, 0.15) is 36.0 Å². The molecule has 1 saturated heterocycles. The van der Waals surface area contributed by atoms with Crippen LogP contribution >= 0.6 is 0 Å². The van der Waals surface area contributed by atoms with Crippen LogP contribution in [0.4, 0.5) is 5.82 Å². The Morgan fingerprint density at radius 3 is 2.77 bits per heavy atom. The number of hydrogen-bond donors (Lipinski definition) is 1. The van der Waals surface area contributed by atoms with Crippen molar-refractivity contribution in [3.63, 3.8) is 0 Å². The lowest BCUT2D eigenvalue weighted by atomic mass is 9.92. The Morgan fingerprint density at radius 1 is 1.26 bits per heavy atom. The number of aromatic nitrogens is 3. The SMILES string of the molecule is COC(=O)c1ccc2nc(-c3ccc(N(C)CCCC4CCN(C)CC4)nc3)[nH]c2c1. The number of benzene rings is 1. The van der Waals surface area contributed by atoms with E-state index in [1.54, 1.807) is 12.1 Å². The van der Waals surface area contributed by atoms with Crippen molar-refractivity contribution in [1.29, 1.82) is 0 Å². The van der Waals surface area contributed by atoms with E-state index in [9.17, 15) is 4.79 Å². The number of nitrogens with zero attached hydrogens (tertiary/aromatic N) is 4. The Labute approximate surface area is 183 Å². The first-order chi connectivity index (χ1) is 15.0. The molecule has 164 valence electrons. The molecule has 2 aromatic heterocycles. The molecule has 1 aromatic carbocycles. The number of ether oxygens (including phenoxy) is 1. The van der Waals surface area contributed by atoms with Crippen molar-refractivity contribution < 1.29 is 9.53 Å². The standard InChI is InChI=1S/C24H31N5O2/c1-28-13-10-17(11-14-28)5-4-12-29(2)22-9-7-19(16-25-22)23-26-20-8-6-18(24(30)31-3)15-21(20)27-23/h6-9,15-17H,4-5,10-14H2,1-3H3,(H,26,27). The van der Waals surface area contributed by atoms with Gasteiger partial charge in [0.25, 0.3) is 0 Å². The van der Waals surface area contributed by atoms with Crippen LogP contribution in [0.3, 0.4) is 0 Å². The van der Waals surface area contributed by atoms with Crippen LogP contribution in [0.5, 0.6) is 0 Å². The fourth-order valence-corrected chi connectivity index (χ4v) is 4.23. The Hall–Kier alpha value is -2.93. The Bertz CT molecular complexity index is 1020. The Balaban J connectivity index is 1.36. The van der Waals surface area contributed by atoms with Crippen LogP contribution in [0, 0.1) is 5.92 Å². The molecule has 1 aliphatic rings. The van der Waals surface area contributed by atoms with E-state index in [4.69, 9.17) is 4.74 Å². The summed E-state index contributed by atoms with van der Waals surface area (Å²) < 4.78 is 4.79. The highest BCUT2D eigenvalue weighted by molar-refractivity contribution is 5.94. The summed E-state index contributed by atoms with van der Waals surface area (Å²) in [6.07, 6.45) is 6.99. The fraction of sp³-hybridized carbons (Fsp3) is 0.458. The van der Waals surface area contributed by atoms with Gasteiger partial charge < -0.3 is 19.5 Å². The average molecular weight is 422 g/mol. The molecule has 7 heteroatoms. The molecule has 3 heterocycles. The zero-order valence-corrected chi connectivity index (χ0v) is 18.6. The lowest BCUT2D eigenvalue weighted by molar-refractivity contribution is 0.0601. The highest BCUT2D eigenvalue weighted by atomic mass is 16.5. The summed E-state index contributed by atoms with van der Waals surface area (Å²) in [5.41, 5.74) is 3.02. The molecule has 0 unspecified atom stereocenters. The number of likely N-dealkylation sites (tertiary alicyclic amines) is 1. The van der Waals surface area contributed by atoms with Crippen molar-refractivity contribution in [3.05, 3.63) is 42.1 Å². The fourth-order valence-electron chi connectivity index (χ4n) is 4.23. The molecule has 0 amide bonds. The molecule has 0 aliphatic carbocycles. The summed E-state index contributed by atoms with van der Waals surface area (Å²) in [6, 6.07) is 9.38. The molecule has 4 rings (SSSR count). The van der Waals surface area contributed by atoms with Gasteiger partial charge in [-0.2, -0.15) is 0 Å². The van der Waals surface area contributed by atoms with Crippen LogP contribution < -0.4 is 4.90 Å². The van der Waals surface area contributed by atoms with Gasteiger partial charge in [0.15, 0.2) is 0 Å². The van der Waals surface area contributed by atoms with Crippen molar-refractivity contribution in [2.24, 2.45) is 5.92 Å². The van der Waals surface area contributed by atoms with Crippen molar-refractivity contribution in [3.8, 4) is 11.4 Å². The summed E-state index contributed by atoms with van der Waals surface area (Å²) in [5.74, 6) is 2.22. The second-order valence-electron chi connectivity index (χ2n) is 8.52. The lowest BCUT2D eigenvalue weighted by Crippen LogP contribution is -2.30. The van der Waals surface area contributed by atoms with Gasteiger partial charge in [0.2, 0.25) is 0 Å². The summed E-state index contributed by atoms with van der Waals surface area (Å²) in [4.78, 5) is 28.9. The number of imidazole rings is 1. The number of anilines is 1. The van der Waals surface area contributed by atoms with E-state index in [2.05, 4.69) is 38.8 Å². The largest absolute Gasteiger partial charge is 0.465 e. The number of hydrogen-bond acceptors (Lipinski definition) is 6. The average Bonchev–Trinajstić information content (AvgIpc) is 3.23. The number of esters is 1. The van der Waals surface area contributed by atoms with Gasteiger partial charge in [0.1, 0.15) is 11.6 Å². The van der Waals surface area contributed by atoms with Crippen molar-refractivity contribution in [2.45, 2.75) is 25.7 Å². The van der Waals surface area contributed by atoms with E-state index >= 15 is 0 Å². The summed E-state index contributed by atoms with van der Waals surface area (Å²) >= 11 is 0. The van der Waals surface area contributed by atoms with Crippen molar-refractivity contribution in [1.82, 2.24) is 19.9 Å². The molecule has 0 atom stereocenters. The van der Waals surface area contributed by atoms with Gasteiger partial charge in [-0.05, 0) is 82.1 Å². The van der Waals surface area contributed by atoms with Crippen LogP contribution in [0.25, 0.3) is 22.4 Å². The Morgan fingerprint density at radius 2 is 2.06 bits per heavy atom. The van der Waals surface area contributed by atoms with Crippen LogP contribution in [-0.2, 0) is 4.74 Å².